The van der Waals surface area contributed by atoms with Gasteiger partial charge in [-0.25, -0.2) is 4.98 Å². The minimum Gasteiger partial charge on any atom is -0.457 e. The van der Waals surface area contributed by atoms with Crippen LogP contribution in [0.25, 0.3) is 0 Å². The zero-order chi connectivity index (χ0) is 18.6. The maximum Gasteiger partial charge on any atom is 0.255 e. The number of hydrogen-bond donors (Lipinski definition) is 2. The second-order valence-corrected chi connectivity index (χ2v) is 5.88. The van der Waals surface area contributed by atoms with Crippen LogP contribution < -0.4 is 25.3 Å². The molecule has 0 aliphatic carbocycles. The van der Waals surface area contributed by atoms with Crippen molar-refractivity contribution >= 4 is 11.7 Å². The summed E-state index contributed by atoms with van der Waals surface area (Å²) < 4.78 is 16.5. The van der Waals surface area contributed by atoms with E-state index < -0.39 is 0 Å². The zero-order valence-electron chi connectivity index (χ0n) is 14.3. The van der Waals surface area contributed by atoms with Crippen LogP contribution in [0.3, 0.4) is 0 Å². The zero-order valence-corrected chi connectivity index (χ0v) is 14.3. The summed E-state index contributed by atoms with van der Waals surface area (Å²) in [6, 6.07) is 16.2. The van der Waals surface area contributed by atoms with Crippen LogP contribution in [0.5, 0.6) is 23.0 Å². The molecule has 0 saturated heterocycles. The average Bonchev–Trinajstić information content (AvgIpc) is 3.15. The van der Waals surface area contributed by atoms with E-state index >= 15 is 0 Å². The number of pyridine rings is 1. The maximum atomic E-state index is 12.2. The topological polar surface area (TPSA) is 95.7 Å². The molecule has 0 radical (unpaired) electrons. The highest BCUT2D eigenvalue weighted by Gasteiger charge is 2.14. The fraction of sp³-hybridized carbons (Fsp3) is 0.100. The Morgan fingerprint density at radius 2 is 1.93 bits per heavy atom. The van der Waals surface area contributed by atoms with Crippen molar-refractivity contribution in [1.29, 1.82) is 0 Å². The highest BCUT2D eigenvalue weighted by Crippen LogP contribution is 2.36. The molecule has 1 aliphatic heterocycles. The van der Waals surface area contributed by atoms with Gasteiger partial charge in [0.05, 0.1) is 5.56 Å². The van der Waals surface area contributed by atoms with Gasteiger partial charge in [-0.1, -0.05) is 12.1 Å². The molecule has 1 amide bonds. The lowest BCUT2D eigenvalue weighted by molar-refractivity contribution is 0.0951. The Kier molecular flexibility index (Phi) is 4.49. The van der Waals surface area contributed by atoms with E-state index in [4.69, 9.17) is 19.9 Å². The first-order valence-electron chi connectivity index (χ1n) is 8.34. The van der Waals surface area contributed by atoms with Gasteiger partial charge in [0, 0.05) is 18.8 Å². The number of nitrogens with zero attached hydrogens (tertiary/aromatic N) is 1. The third kappa shape index (κ3) is 3.77. The lowest BCUT2D eigenvalue weighted by Gasteiger charge is -2.10. The van der Waals surface area contributed by atoms with Crippen molar-refractivity contribution in [3.8, 4) is 23.0 Å². The third-order valence-corrected chi connectivity index (χ3v) is 4.01. The summed E-state index contributed by atoms with van der Waals surface area (Å²) in [5.74, 6) is 2.58. The molecule has 0 spiro atoms. The highest BCUT2D eigenvalue weighted by molar-refractivity contribution is 5.98. The highest BCUT2D eigenvalue weighted by atomic mass is 16.7. The Hall–Kier alpha value is -3.74. The normalized spacial score (nSPS) is 11.9. The van der Waals surface area contributed by atoms with E-state index in [2.05, 4.69) is 10.3 Å². The molecule has 27 heavy (non-hydrogen) atoms. The summed E-state index contributed by atoms with van der Waals surface area (Å²) in [5, 5.41) is 2.83. The lowest BCUT2D eigenvalue weighted by atomic mass is 10.2. The molecule has 1 aromatic heterocycles. The van der Waals surface area contributed by atoms with Gasteiger partial charge < -0.3 is 25.3 Å². The largest absolute Gasteiger partial charge is 0.457 e. The fourth-order valence-electron chi connectivity index (χ4n) is 2.68. The second-order valence-electron chi connectivity index (χ2n) is 5.88. The monoisotopic (exact) mass is 363 g/mol. The van der Waals surface area contributed by atoms with Crippen molar-refractivity contribution in [2.24, 2.45) is 0 Å². The smallest absolute Gasteiger partial charge is 0.255 e. The third-order valence-electron chi connectivity index (χ3n) is 4.01. The number of ether oxygens (including phenoxy) is 3. The van der Waals surface area contributed by atoms with Gasteiger partial charge in [-0.05, 0) is 42.0 Å². The second kappa shape index (κ2) is 7.25. The van der Waals surface area contributed by atoms with Gasteiger partial charge in [0.25, 0.3) is 5.91 Å². The Balaban J connectivity index is 1.42. The molecule has 0 bridgehead atoms. The molecule has 0 saturated carbocycles. The van der Waals surface area contributed by atoms with Gasteiger partial charge >= 0.3 is 0 Å². The molecule has 1 aliphatic rings. The van der Waals surface area contributed by atoms with Crippen molar-refractivity contribution in [2.45, 2.75) is 6.54 Å². The minimum atomic E-state index is -0.275. The maximum absolute atomic E-state index is 12.2. The van der Waals surface area contributed by atoms with E-state index in [1.807, 2.05) is 30.3 Å². The summed E-state index contributed by atoms with van der Waals surface area (Å²) in [6.45, 7) is 0.556. The number of carbonyl (C=O) groups is 1. The van der Waals surface area contributed by atoms with Crippen molar-refractivity contribution in [3.63, 3.8) is 0 Å². The number of benzene rings is 2. The van der Waals surface area contributed by atoms with E-state index in [1.54, 1.807) is 30.5 Å². The number of anilines is 1. The van der Waals surface area contributed by atoms with Gasteiger partial charge in [0.2, 0.25) is 6.79 Å². The van der Waals surface area contributed by atoms with Gasteiger partial charge in [-0.15, -0.1) is 0 Å². The average molecular weight is 363 g/mol. The molecule has 0 unspecified atom stereocenters. The minimum absolute atomic E-state index is 0.204. The number of nitrogen functional groups attached to an aromatic ring is 1. The van der Waals surface area contributed by atoms with Crippen LogP contribution in [0.1, 0.15) is 15.9 Å². The first-order chi connectivity index (χ1) is 13.2. The van der Waals surface area contributed by atoms with Gasteiger partial charge in [-0.2, -0.15) is 0 Å². The molecule has 3 aromatic rings. The molecule has 3 N–H and O–H groups in total. The van der Waals surface area contributed by atoms with Gasteiger partial charge in [-0.3, -0.25) is 4.79 Å². The Morgan fingerprint density at radius 3 is 2.81 bits per heavy atom. The van der Waals surface area contributed by atoms with Crippen LogP contribution in [-0.4, -0.2) is 17.7 Å². The molecule has 7 heteroatoms. The molecule has 2 heterocycles. The van der Waals surface area contributed by atoms with Crippen LogP contribution in [0, 0.1) is 0 Å². The Labute approximate surface area is 155 Å². The first-order valence-corrected chi connectivity index (χ1v) is 8.34. The van der Waals surface area contributed by atoms with E-state index in [9.17, 15) is 4.79 Å². The van der Waals surface area contributed by atoms with Crippen molar-refractivity contribution in [1.82, 2.24) is 10.3 Å². The van der Waals surface area contributed by atoms with E-state index in [0.29, 0.717) is 35.1 Å². The van der Waals surface area contributed by atoms with Crippen molar-refractivity contribution in [3.05, 3.63) is 71.9 Å². The van der Waals surface area contributed by atoms with Crippen molar-refractivity contribution in [2.75, 3.05) is 12.5 Å². The predicted octanol–water partition coefficient (Wildman–Crippen LogP) is 3.11. The number of carbonyl (C=O) groups excluding carboxylic acids is 1. The molecule has 2 aromatic carbocycles. The summed E-state index contributed by atoms with van der Waals surface area (Å²) in [5.41, 5.74) is 6.97. The lowest BCUT2D eigenvalue weighted by Crippen LogP contribution is -2.24. The summed E-state index contributed by atoms with van der Waals surface area (Å²) in [7, 11) is 0. The number of amides is 1. The number of rotatable bonds is 5. The van der Waals surface area contributed by atoms with Crippen LogP contribution >= 0.6 is 0 Å². The summed E-state index contributed by atoms with van der Waals surface area (Å²) in [4.78, 5) is 16.2. The molecular weight excluding hydrogens is 346 g/mol. The van der Waals surface area contributed by atoms with Gasteiger partial charge in [0.15, 0.2) is 11.5 Å². The Bertz CT molecular complexity index is 990. The van der Waals surface area contributed by atoms with Crippen LogP contribution in [0.4, 0.5) is 5.82 Å². The summed E-state index contributed by atoms with van der Waals surface area (Å²) in [6.07, 6.45) is 1.54. The first kappa shape index (κ1) is 16.7. The van der Waals surface area contributed by atoms with Crippen LogP contribution in [0.15, 0.2) is 60.8 Å². The quantitative estimate of drug-likeness (QED) is 0.723. The number of hydrogen-bond acceptors (Lipinski definition) is 6. The Morgan fingerprint density at radius 1 is 1.07 bits per heavy atom. The molecular formula is C20H17N3O4. The van der Waals surface area contributed by atoms with Crippen molar-refractivity contribution < 1.29 is 19.0 Å². The fourth-order valence-corrected chi connectivity index (χ4v) is 2.68. The van der Waals surface area contributed by atoms with Crippen LogP contribution in [0.2, 0.25) is 0 Å². The molecule has 136 valence electrons. The molecule has 0 atom stereocenters. The van der Waals surface area contributed by atoms with E-state index in [-0.39, 0.29) is 18.5 Å². The van der Waals surface area contributed by atoms with E-state index in [1.165, 1.54) is 0 Å². The number of aromatic nitrogens is 1. The molecule has 7 nitrogen and oxygen atoms in total. The summed E-state index contributed by atoms with van der Waals surface area (Å²) >= 11 is 0. The van der Waals surface area contributed by atoms with Crippen LogP contribution in [-0.2, 0) is 6.54 Å². The molecule has 0 fully saturated rings. The number of nitrogens with two attached hydrogens (primary N) is 1. The molecule has 4 rings (SSSR count). The van der Waals surface area contributed by atoms with E-state index in [0.717, 1.165) is 5.56 Å². The standard InChI is InChI=1S/C20H17N3O4/c21-19-16(5-2-8-22-19)20(24)23-11-13-3-1-4-14(9-13)27-15-6-7-17-18(10-15)26-12-25-17/h1-10H,11-12H2,(H2,21,22)(H,23,24). The number of nitrogens with one attached hydrogen (secondary N) is 1. The SMILES string of the molecule is Nc1ncccc1C(=O)NCc1cccc(Oc2ccc3c(c2)OCO3)c1. The predicted molar refractivity (Wildman–Crippen MR) is 98.9 cm³/mol. The van der Waals surface area contributed by atoms with Gasteiger partial charge in [0.1, 0.15) is 17.3 Å². The number of fused-ring (bicyclic) bond motifs is 1.